The van der Waals surface area contributed by atoms with Crippen molar-refractivity contribution >= 4 is 15.9 Å². The highest BCUT2D eigenvalue weighted by Crippen LogP contribution is 2.30. The van der Waals surface area contributed by atoms with Crippen LogP contribution < -0.4 is 19.5 Å². The van der Waals surface area contributed by atoms with E-state index in [-0.39, 0.29) is 29.8 Å². The van der Waals surface area contributed by atoms with Gasteiger partial charge in [0.05, 0.1) is 24.7 Å². The van der Waals surface area contributed by atoms with E-state index in [0.717, 1.165) is 5.56 Å². The van der Waals surface area contributed by atoms with Gasteiger partial charge in [0.15, 0.2) is 11.5 Å². The predicted molar refractivity (Wildman–Crippen MR) is 107 cm³/mol. The first-order valence-corrected chi connectivity index (χ1v) is 10.5. The van der Waals surface area contributed by atoms with Crippen molar-refractivity contribution in [3.8, 4) is 11.5 Å². The Labute approximate surface area is 166 Å². The standard InChI is InChI=1S/C20H26N2O5S/c1-4-27-18-11-10-16(14-19(18)26-3)15(2)22-20(23)12-13-21-28(24,25)17-8-6-5-7-9-17/h5-11,14-15,21H,4,12-13H2,1-3H3,(H,22,23). The third-order valence-electron chi connectivity index (χ3n) is 4.06. The molecule has 0 radical (unpaired) electrons. The molecule has 152 valence electrons. The monoisotopic (exact) mass is 406 g/mol. The van der Waals surface area contributed by atoms with Gasteiger partial charge in [0.1, 0.15) is 0 Å². The maximum atomic E-state index is 12.2. The van der Waals surface area contributed by atoms with Crippen LogP contribution in [-0.2, 0) is 14.8 Å². The van der Waals surface area contributed by atoms with Crippen LogP contribution in [0.15, 0.2) is 53.4 Å². The van der Waals surface area contributed by atoms with Crippen LogP contribution in [0, 0.1) is 0 Å². The molecule has 0 aliphatic rings. The molecule has 0 aliphatic carbocycles. The fourth-order valence-corrected chi connectivity index (χ4v) is 3.66. The fourth-order valence-electron chi connectivity index (χ4n) is 2.61. The topological polar surface area (TPSA) is 93.7 Å². The first-order chi connectivity index (χ1) is 13.4. The minimum Gasteiger partial charge on any atom is -0.493 e. The maximum Gasteiger partial charge on any atom is 0.240 e. The van der Waals surface area contributed by atoms with Gasteiger partial charge in [0.25, 0.3) is 0 Å². The molecule has 1 atom stereocenters. The summed E-state index contributed by atoms with van der Waals surface area (Å²) in [5, 5.41) is 2.85. The lowest BCUT2D eigenvalue weighted by molar-refractivity contribution is -0.121. The Morgan fingerprint density at radius 2 is 1.82 bits per heavy atom. The molecule has 2 rings (SSSR count). The second-order valence-corrected chi connectivity index (χ2v) is 7.86. The Morgan fingerprint density at radius 1 is 1.11 bits per heavy atom. The summed E-state index contributed by atoms with van der Waals surface area (Å²) in [5.41, 5.74) is 0.860. The molecule has 8 heteroatoms. The number of hydrogen-bond acceptors (Lipinski definition) is 5. The summed E-state index contributed by atoms with van der Waals surface area (Å²) < 4.78 is 37.5. The second kappa shape index (κ2) is 10.1. The molecule has 0 aliphatic heterocycles. The molecule has 2 N–H and O–H groups in total. The predicted octanol–water partition coefficient (Wildman–Crippen LogP) is 2.64. The molecular formula is C20H26N2O5S. The van der Waals surface area contributed by atoms with E-state index in [9.17, 15) is 13.2 Å². The van der Waals surface area contributed by atoms with Gasteiger partial charge in [0, 0.05) is 13.0 Å². The number of nitrogens with one attached hydrogen (secondary N) is 2. The van der Waals surface area contributed by atoms with Crippen LogP contribution in [0.2, 0.25) is 0 Å². The number of carbonyl (C=O) groups is 1. The first-order valence-electron chi connectivity index (χ1n) is 9.02. The van der Waals surface area contributed by atoms with Gasteiger partial charge in [-0.1, -0.05) is 24.3 Å². The van der Waals surface area contributed by atoms with Gasteiger partial charge in [0.2, 0.25) is 15.9 Å². The number of benzene rings is 2. The van der Waals surface area contributed by atoms with Crippen LogP contribution >= 0.6 is 0 Å². The van der Waals surface area contributed by atoms with E-state index >= 15 is 0 Å². The summed E-state index contributed by atoms with van der Waals surface area (Å²) in [5.74, 6) is 0.981. The van der Waals surface area contributed by atoms with Crippen LogP contribution in [0.25, 0.3) is 0 Å². The number of rotatable bonds is 10. The lowest BCUT2D eigenvalue weighted by Crippen LogP contribution is -2.32. The molecule has 0 saturated heterocycles. The van der Waals surface area contributed by atoms with Gasteiger partial charge in [-0.3, -0.25) is 4.79 Å². The molecule has 0 heterocycles. The highest BCUT2D eigenvalue weighted by Gasteiger charge is 2.15. The van der Waals surface area contributed by atoms with Crippen molar-refractivity contribution in [2.24, 2.45) is 0 Å². The zero-order valence-corrected chi connectivity index (χ0v) is 17.1. The third kappa shape index (κ3) is 5.97. The normalized spacial score (nSPS) is 12.2. The van der Waals surface area contributed by atoms with Crippen molar-refractivity contribution in [2.45, 2.75) is 31.2 Å². The lowest BCUT2D eigenvalue weighted by Gasteiger charge is -2.17. The Balaban J connectivity index is 1.89. The number of amides is 1. The number of methoxy groups -OCH3 is 1. The zero-order valence-electron chi connectivity index (χ0n) is 16.3. The highest BCUT2D eigenvalue weighted by molar-refractivity contribution is 7.89. The highest BCUT2D eigenvalue weighted by atomic mass is 32.2. The van der Waals surface area contributed by atoms with Crippen LogP contribution in [0.4, 0.5) is 0 Å². The van der Waals surface area contributed by atoms with E-state index in [4.69, 9.17) is 9.47 Å². The van der Waals surface area contributed by atoms with Crippen molar-refractivity contribution in [3.05, 3.63) is 54.1 Å². The minimum atomic E-state index is -3.62. The van der Waals surface area contributed by atoms with E-state index in [1.54, 1.807) is 31.4 Å². The fraction of sp³-hybridized carbons (Fsp3) is 0.350. The zero-order chi connectivity index (χ0) is 20.6. The molecule has 28 heavy (non-hydrogen) atoms. The lowest BCUT2D eigenvalue weighted by atomic mass is 10.1. The minimum absolute atomic E-state index is 0.0162. The van der Waals surface area contributed by atoms with Crippen molar-refractivity contribution in [3.63, 3.8) is 0 Å². The van der Waals surface area contributed by atoms with Gasteiger partial charge in [-0.2, -0.15) is 0 Å². The number of ether oxygens (including phenoxy) is 2. The van der Waals surface area contributed by atoms with Crippen molar-refractivity contribution in [1.29, 1.82) is 0 Å². The largest absolute Gasteiger partial charge is 0.493 e. The van der Waals surface area contributed by atoms with E-state index < -0.39 is 10.0 Å². The van der Waals surface area contributed by atoms with Crippen LogP contribution in [0.3, 0.4) is 0 Å². The molecule has 0 saturated carbocycles. The molecular weight excluding hydrogens is 380 g/mol. The van der Waals surface area contributed by atoms with Crippen molar-refractivity contribution in [2.75, 3.05) is 20.3 Å². The third-order valence-corrected chi connectivity index (χ3v) is 5.54. The molecule has 0 bridgehead atoms. The first kappa shape index (κ1) is 21.7. The Kier molecular flexibility index (Phi) is 7.83. The molecule has 1 amide bonds. The Bertz CT molecular complexity index is 885. The summed E-state index contributed by atoms with van der Waals surface area (Å²) in [4.78, 5) is 12.3. The molecule has 1 unspecified atom stereocenters. The summed E-state index contributed by atoms with van der Waals surface area (Å²) in [6, 6.07) is 13.3. The van der Waals surface area contributed by atoms with E-state index in [1.807, 2.05) is 26.0 Å². The van der Waals surface area contributed by atoms with Crippen molar-refractivity contribution < 1.29 is 22.7 Å². The Hall–Kier alpha value is -2.58. The van der Waals surface area contributed by atoms with Gasteiger partial charge in [-0.25, -0.2) is 13.1 Å². The van der Waals surface area contributed by atoms with E-state index in [2.05, 4.69) is 10.0 Å². The van der Waals surface area contributed by atoms with Crippen LogP contribution in [0.1, 0.15) is 31.9 Å². The second-order valence-electron chi connectivity index (χ2n) is 6.09. The van der Waals surface area contributed by atoms with E-state index in [0.29, 0.717) is 18.1 Å². The molecule has 2 aromatic rings. The molecule has 0 spiro atoms. The smallest absolute Gasteiger partial charge is 0.240 e. The maximum absolute atomic E-state index is 12.2. The molecule has 0 aromatic heterocycles. The Morgan fingerprint density at radius 3 is 2.46 bits per heavy atom. The summed E-state index contributed by atoms with van der Waals surface area (Å²) in [6.07, 6.45) is 0.0323. The molecule has 2 aromatic carbocycles. The van der Waals surface area contributed by atoms with Gasteiger partial charge in [-0.15, -0.1) is 0 Å². The SMILES string of the molecule is CCOc1ccc(C(C)NC(=O)CCNS(=O)(=O)c2ccccc2)cc1OC. The van der Waals surface area contributed by atoms with Gasteiger partial charge < -0.3 is 14.8 Å². The van der Waals surface area contributed by atoms with E-state index in [1.165, 1.54) is 12.1 Å². The number of sulfonamides is 1. The van der Waals surface area contributed by atoms with Crippen molar-refractivity contribution in [1.82, 2.24) is 10.0 Å². The summed E-state index contributed by atoms with van der Waals surface area (Å²) >= 11 is 0. The number of hydrogen-bond donors (Lipinski definition) is 2. The average Bonchev–Trinajstić information content (AvgIpc) is 2.69. The molecule has 7 nitrogen and oxygen atoms in total. The summed E-state index contributed by atoms with van der Waals surface area (Å²) in [7, 11) is -2.06. The quantitative estimate of drug-likeness (QED) is 0.633. The van der Waals surface area contributed by atoms with Gasteiger partial charge >= 0.3 is 0 Å². The summed E-state index contributed by atoms with van der Waals surface area (Å²) in [6.45, 7) is 4.28. The number of carbonyl (C=O) groups excluding carboxylic acids is 1. The average molecular weight is 407 g/mol. The van der Waals surface area contributed by atoms with Crippen LogP contribution in [-0.4, -0.2) is 34.6 Å². The van der Waals surface area contributed by atoms with Gasteiger partial charge in [-0.05, 0) is 43.7 Å². The van der Waals surface area contributed by atoms with Crippen LogP contribution in [0.5, 0.6) is 11.5 Å². The molecule has 0 fully saturated rings.